The van der Waals surface area contributed by atoms with Crippen LogP contribution in [0.25, 0.3) is 32.9 Å². The number of ether oxygens (including phenoxy) is 1. The van der Waals surface area contributed by atoms with E-state index in [9.17, 15) is 0 Å². The third kappa shape index (κ3) is 3.81. The number of nitrogens with one attached hydrogen (secondary N) is 2. The molecule has 2 bridgehead atoms. The lowest BCUT2D eigenvalue weighted by Gasteiger charge is -2.35. The van der Waals surface area contributed by atoms with Crippen LogP contribution < -0.4 is 15.0 Å². The number of aromatic amines is 1. The topological polar surface area (TPSA) is 82.2 Å². The quantitative estimate of drug-likeness (QED) is 0.345. The van der Waals surface area contributed by atoms with Gasteiger partial charge in [-0.1, -0.05) is 17.7 Å². The number of hydrogen-bond donors (Lipinski definition) is 2. The zero-order valence-corrected chi connectivity index (χ0v) is 23.4. The number of benzene rings is 2. The van der Waals surface area contributed by atoms with Gasteiger partial charge < -0.3 is 15.0 Å². The van der Waals surface area contributed by atoms with Gasteiger partial charge in [0.2, 0.25) is 0 Å². The summed E-state index contributed by atoms with van der Waals surface area (Å²) in [6.45, 7) is 6.35. The lowest BCUT2D eigenvalue weighted by Crippen LogP contribution is -2.51. The number of hydrogen-bond acceptors (Lipinski definition) is 7. The fourth-order valence-corrected chi connectivity index (χ4v) is 8.07. The first-order chi connectivity index (χ1) is 19.5. The molecule has 4 aliphatic rings. The van der Waals surface area contributed by atoms with E-state index in [-0.39, 0.29) is 17.1 Å². The summed E-state index contributed by atoms with van der Waals surface area (Å²) in [5, 5.41) is 12.7. The summed E-state index contributed by atoms with van der Waals surface area (Å²) in [5.74, 6) is 0.253. The molecule has 0 amide bonds. The molecule has 10 heteroatoms. The molecule has 0 radical (unpaired) electrons. The largest absolute Gasteiger partial charge is 0.461 e. The minimum Gasteiger partial charge on any atom is -0.461 e. The summed E-state index contributed by atoms with van der Waals surface area (Å²) in [6.07, 6.45) is 8.62. The van der Waals surface area contributed by atoms with Crippen LogP contribution in [0, 0.1) is 12.7 Å². The van der Waals surface area contributed by atoms with E-state index in [0.29, 0.717) is 40.5 Å². The molecule has 2 unspecified atom stereocenters. The highest BCUT2D eigenvalue weighted by molar-refractivity contribution is 6.35. The Morgan fingerprint density at radius 3 is 2.62 bits per heavy atom. The minimum absolute atomic E-state index is 0.0460. The van der Waals surface area contributed by atoms with E-state index in [0.717, 1.165) is 73.9 Å². The van der Waals surface area contributed by atoms with Gasteiger partial charge in [-0.05, 0) is 76.2 Å². The van der Waals surface area contributed by atoms with Crippen molar-refractivity contribution >= 4 is 39.2 Å². The van der Waals surface area contributed by atoms with E-state index in [1.54, 1.807) is 6.20 Å². The van der Waals surface area contributed by atoms with Gasteiger partial charge in [0, 0.05) is 47.1 Å². The van der Waals surface area contributed by atoms with Gasteiger partial charge >= 0.3 is 6.01 Å². The third-order valence-electron chi connectivity index (χ3n) is 9.72. The van der Waals surface area contributed by atoms with Gasteiger partial charge in [0.1, 0.15) is 17.9 Å². The van der Waals surface area contributed by atoms with E-state index in [4.69, 9.17) is 26.3 Å². The van der Waals surface area contributed by atoms with Crippen LogP contribution in [0.3, 0.4) is 0 Å². The van der Waals surface area contributed by atoms with Crippen LogP contribution in [-0.2, 0) is 0 Å². The molecule has 0 saturated carbocycles. The molecule has 6 heterocycles. The van der Waals surface area contributed by atoms with Gasteiger partial charge in [-0.2, -0.15) is 15.1 Å². The average Bonchev–Trinajstić information content (AvgIpc) is 3.73. The highest BCUT2D eigenvalue weighted by atomic mass is 35.5. The maximum Gasteiger partial charge on any atom is 0.319 e. The van der Waals surface area contributed by atoms with Crippen molar-refractivity contribution in [2.75, 3.05) is 37.7 Å². The molecule has 8 rings (SSSR count). The van der Waals surface area contributed by atoms with Crippen molar-refractivity contribution in [1.29, 1.82) is 0 Å². The Kier molecular flexibility index (Phi) is 5.73. The Balaban J connectivity index is 1.28. The van der Waals surface area contributed by atoms with Crippen LogP contribution in [0.1, 0.15) is 44.1 Å². The molecule has 208 valence electrons. The first kappa shape index (κ1) is 24.8. The smallest absolute Gasteiger partial charge is 0.319 e. The fourth-order valence-electron chi connectivity index (χ4n) is 7.78. The van der Waals surface area contributed by atoms with Crippen molar-refractivity contribution in [3.05, 3.63) is 40.8 Å². The average molecular weight is 562 g/mol. The highest BCUT2D eigenvalue weighted by Crippen LogP contribution is 2.43. The van der Waals surface area contributed by atoms with Crippen LogP contribution >= 0.6 is 11.6 Å². The molecule has 0 aliphatic carbocycles. The van der Waals surface area contributed by atoms with Crippen LogP contribution in [-0.4, -0.2) is 75.5 Å². The fraction of sp³-hybridized carbons (Fsp3) is 0.500. The van der Waals surface area contributed by atoms with Gasteiger partial charge in [0.05, 0.1) is 22.3 Å². The van der Waals surface area contributed by atoms with E-state index in [1.165, 1.54) is 12.8 Å². The molecule has 2 aromatic carbocycles. The molecule has 4 fully saturated rings. The number of piperazine rings is 1. The minimum atomic E-state index is -0.451. The van der Waals surface area contributed by atoms with Crippen molar-refractivity contribution < 1.29 is 9.13 Å². The molecule has 2 aromatic heterocycles. The zero-order chi connectivity index (χ0) is 27.0. The van der Waals surface area contributed by atoms with Gasteiger partial charge in [-0.15, -0.1) is 0 Å². The van der Waals surface area contributed by atoms with Crippen molar-refractivity contribution in [1.82, 2.24) is 30.4 Å². The number of H-pyrrole nitrogens is 1. The second kappa shape index (κ2) is 9.26. The number of aryl methyl sites for hydroxylation is 1. The predicted octanol–water partition coefficient (Wildman–Crippen LogP) is 5.22. The number of aromatic nitrogens is 4. The summed E-state index contributed by atoms with van der Waals surface area (Å²) in [4.78, 5) is 14.5. The predicted molar refractivity (Wildman–Crippen MR) is 155 cm³/mol. The lowest BCUT2D eigenvalue weighted by atomic mass is 9.95. The second-order valence-electron chi connectivity index (χ2n) is 12.1. The van der Waals surface area contributed by atoms with Crippen molar-refractivity contribution in [3.8, 4) is 17.1 Å². The Hall–Kier alpha value is -3.01. The monoisotopic (exact) mass is 561 g/mol. The number of nitrogens with zero attached hydrogens (tertiary/aromatic N) is 5. The van der Waals surface area contributed by atoms with Gasteiger partial charge in [-0.3, -0.25) is 10.00 Å². The highest BCUT2D eigenvalue weighted by Gasteiger charge is 2.45. The molecule has 4 saturated heterocycles. The zero-order valence-electron chi connectivity index (χ0n) is 22.6. The molecule has 4 aromatic rings. The maximum atomic E-state index is 16.8. The van der Waals surface area contributed by atoms with Crippen molar-refractivity contribution in [3.63, 3.8) is 0 Å². The molecular weight excluding hydrogens is 529 g/mol. The second-order valence-corrected chi connectivity index (χ2v) is 12.5. The molecule has 2 atom stereocenters. The van der Waals surface area contributed by atoms with E-state index >= 15 is 4.39 Å². The Bertz CT molecular complexity index is 1620. The van der Waals surface area contributed by atoms with Crippen LogP contribution in [0.4, 0.5) is 10.2 Å². The SMILES string of the molecule is Cc1ccc2[nH]ncc2c1-c1c(Cl)cc2c(N3CC4CCC(C3)N4)nc(OCC34CCCN3CCC4)nc2c1F. The number of halogens is 2. The van der Waals surface area contributed by atoms with E-state index < -0.39 is 5.82 Å². The summed E-state index contributed by atoms with van der Waals surface area (Å²) >= 11 is 6.92. The van der Waals surface area contributed by atoms with Gasteiger partial charge in [-0.25, -0.2) is 4.39 Å². The summed E-state index contributed by atoms with van der Waals surface area (Å²) in [5.41, 5.74) is 3.11. The Labute approximate surface area is 237 Å². The number of fused-ring (bicyclic) bond motifs is 5. The maximum absolute atomic E-state index is 16.8. The number of rotatable bonds is 5. The summed E-state index contributed by atoms with van der Waals surface area (Å²) in [6, 6.07) is 6.79. The van der Waals surface area contributed by atoms with Gasteiger partial charge in [0.25, 0.3) is 0 Å². The van der Waals surface area contributed by atoms with E-state index in [1.807, 2.05) is 25.1 Å². The summed E-state index contributed by atoms with van der Waals surface area (Å²) in [7, 11) is 0. The first-order valence-electron chi connectivity index (χ1n) is 14.5. The van der Waals surface area contributed by atoms with Crippen molar-refractivity contribution in [2.45, 2.75) is 63.1 Å². The molecule has 40 heavy (non-hydrogen) atoms. The molecule has 4 aliphatic heterocycles. The molecule has 2 N–H and O–H groups in total. The van der Waals surface area contributed by atoms with Crippen LogP contribution in [0.2, 0.25) is 5.02 Å². The van der Waals surface area contributed by atoms with Crippen LogP contribution in [0.15, 0.2) is 24.4 Å². The lowest BCUT2D eigenvalue weighted by molar-refractivity contribution is 0.108. The molecule has 0 spiro atoms. The van der Waals surface area contributed by atoms with E-state index in [2.05, 4.69) is 25.3 Å². The summed E-state index contributed by atoms with van der Waals surface area (Å²) < 4.78 is 23.2. The Morgan fingerprint density at radius 2 is 1.85 bits per heavy atom. The van der Waals surface area contributed by atoms with Crippen molar-refractivity contribution in [2.24, 2.45) is 0 Å². The van der Waals surface area contributed by atoms with Gasteiger partial charge in [0.15, 0.2) is 5.82 Å². The van der Waals surface area contributed by atoms with Crippen LogP contribution in [0.5, 0.6) is 6.01 Å². The number of anilines is 1. The standard InChI is InChI=1S/C30H33ClFN7O/c1-17-4-7-23-21(13-33-37-23)24(17)25-22(31)12-20-27(26(25)32)35-29(40-16-30-8-2-10-39(30)11-3-9-30)36-28(20)38-14-18-5-6-19(15-38)34-18/h4,7,12-13,18-19,34H,2-3,5-6,8-11,14-16H2,1H3,(H,33,37). The Morgan fingerprint density at radius 1 is 1.07 bits per heavy atom. The molecular formula is C30H33ClFN7O. The normalized spacial score (nSPS) is 23.9. The third-order valence-corrected chi connectivity index (χ3v) is 10.0. The molecule has 8 nitrogen and oxygen atoms in total. The first-order valence-corrected chi connectivity index (χ1v) is 14.9.